The normalized spacial score (nSPS) is 13.7. The highest BCUT2D eigenvalue weighted by Crippen LogP contribution is 2.27. The Bertz CT molecular complexity index is 1420. The summed E-state index contributed by atoms with van der Waals surface area (Å²) in [6, 6.07) is 14.2. The maximum Gasteiger partial charge on any atom is 0.330 e. The lowest BCUT2D eigenvalue weighted by Gasteiger charge is -2.31. The van der Waals surface area contributed by atoms with E-state index in [0.717, 1.165) is 15.4 Å². The van der Waals surface area contributed by atoms with Gasteiger partial charge in [0.25, 0.3) is 17.4 Å². The van der Waals surface area contributed by atoms with Crippen LogP contribution in [0.3, 0.4) is 0 Å². The van der Waals surface area contributed by atoms with Crippen LogP contribution in [-0.2, 0) is 11.3 Å². The van der Waals surface area contributed by atoms with Gasteiger partial charge >= 0.3 is 5.69 Å². The Morgan fingerprint density at radius 2 is 1.47 bits per heavy atom. The van der Waals surface area contributed by atoms with Crippen LogP contribution < -0.4 is 21.9 Å². The van der Waals surface area contributed by atoms with Gasteiger partial charge in [0, 0.05) is 6.54 Å². The molecule has 10 heteroatoms. The number of hydrogen-bond donors (Lipinski definition) is 2. The Labute approximate surface area is 207 Å². The maximum atomic E-state index is 13.8. The summed E-state index contributed by atoms with van der Waals surface area (Å²) in [5, 5.41) is 0. The van der Waals surface area contributed by atoms with Gasteiger partial charge in [0.1, 0.15) is 11.9 Å². The fraction of sp³-hybridized carbons (Fsp3) is 0.269. The number of anilines is 2. The lowest BCUT2D eigenvalue weighted by atomic mass is 10.1. The number of imide groups is 1. The van der Waals surface area contributed by atoms with Crippen LogP contribution in [0.15, 0.2) is 64.2 Å². The predicted octanol–water partition coefficient (Wildman–Crippen LogP) is 1.84. The highest BCUT2D eigenvalue weighted by Gasteiger charge is 2.42. The molecular formula is C26H27N5O5. The Morgan fingerprint density at radius 1 is 0.917 bits per heavy atom. The molecule has 1 aromatic heterocycles. The molecule has 0 saturated carbocycles. The molecule has 1 aliphatic heterocycles. The summed E-state index contributed by atoms with van der Waals surface area (Å²) in [6.07, 6.45) is 0. The minimum Gasteiger partial charge on any atom is -0.383 e. The molecule has 36 heavy (non-hydrogen) atoms. The second kappa shape index (κ2) is 9.65. The van der Waals surface area contributed by atoms with E-state index in [9.17, 15) is 24.0 Å². The lowest BCUT2D eigenvalue weighted by molar-refractivity contribution is -0.122. The first-order chi connectivity index (χ1) is 17.1. The topological polar surface area (TPSA) is 139 Å². The number of carbonyl (C=O) groups excluding carboxylic acids is 3. The molecule has 2 aromatic carbocycles. The van der Waals surface area contributed by atoms with E-state index >= 15 is 0 Å². The fourth-order valence-corrected chi connectivity index (χ4v) is 4.31. The van der Waals surface area contributed by atoms with Crippen LogP contribution in [0.1, 0.15) is 47.1 Å². The van der Waals surface area contributed by atoms with Gasteiger partial charge < -0.3 is 10.6 Å². The van der Waals surface area contributed by atoms with Gasteiger partial charge in [-0.3, -0.25) is 33.6 Å². The van der Waals surface area contributed by atoms with Crippen LogP contribution in [0.25, 0.3) is 0 Å². The minimum absolute atomic E-state index is 0.0726. The van der Waals surface area contributed by atoms with E-state index in [-0.39, 0.29) is 41.6 Å². The van der Waals surface area contributed by atoms with Crippen molar-refractivity contribution in [2.75, 3.05) is 17.2 Å². The average Bonchev–Trinajstić information content (AvgIpc) is 3.10. The lowest BCUT2D eigenvalue weighted by Crippen LogP contribution is -2.52. The van der Waals surface area contributed by atoms with Gasteiger partial charge in [-0.1, -0.05) is 56.3 Å². The van der Waals surface area contributed by atoms with E-state index in [1.54, 1.807) is 24.3 Å². The Hall–Kier alpha value is -4.47. The van der Waals surface area contributed by atoms with Crippen LogP contribution in [0.5, 0.6) is 0 Å². The first-order valence-corrected chi connectivity index (χ1v) is 11.6. The number of nitrogens with two attached hydrogens (primary N) is 1. The molecule has 0 radical (unpaired) electrons. The molecular weight excluding hydrogens is 462 g/mol. The molecule has 10 nitrogen and oxygen atoms in total. The Balaban J connectivity index is 1.76. The third-order valence-corrected chi connectivity index (χ3v) is 6.05. The van der Waals surface area contributed by atoms with Gasteiger partial charge in [-0.25, -0.2) is 4.79 Å². The van der Waals surface area contributed by atoms with Gasteiger partial charge in [0.2, 0.25) is 5.91 Å². The molecule has 0 saturated heterocycles. The smallest absolute Gasteiger partial charge is 0.330 e. The number of hydrogen-bond acceptors (Lipinski definition) is 6. The number of fused-ring (bicyclic) bond motifs is 1. The van der Waals surface area contributed by atoms with Gasteiger partial charge in [-0.15, -0.1) is 0 Å². The monoisotopic (exact) mass is 489 g/mol. The van der Waals surface area contributed by atoms with Crippen molar-refractivity contribution in [2.45, 2.75) is 33.4 Å². The summed E-state index contributed by atoms with van der Waals surface area (Å²) in [4.78, 5) is 69.6. The third-order valence-electron chi connectivity index (χ3n) is 6.05. The molecule has 3 amide bonds. The number of nitrogens with one attached hydrogen (secondary N) is 1. The number of aromatic amines is 1. The SMILES string of the molecule is CC(C)CN(C(=O)[C@@H](C)N1C(=O)c2ccccc2C1=O)c1c(N)n(Cc2ccccc2)c(=O)[nH]c1=O. The number of amides is 3. The average molecular weight is 490 g/mol. The van der Waals surface area contributed by atoms with Gasteiger partial charge in [-0.2, -0.15) is 0 Å². The first-order valence-electron chi connectivity index (χ1n) is 11.6. The molecule has 1 atom stereocenters. The highest BCUT2D eigenvalue weighted by molar-refractivity contribution is 6.23. The third kappa shape index (κ3) is 4.33. The van der Waals surface area contributed by atoms with Crippen LogP contribution in [0, 0.1) is 5.92 Å². The van der Waals surface area contributed by atoms with Crippen molar-refractivity contribution in [3.63, 3.8) is 0 Å². The molecule has 0 bridgehead atoms. The molecule has 4 rings (SSSR count). The summed E-state index contributed by atoms with van der Waals surface area (Å²) in [6.45, 7) is 5.27. The summed E-state index contributed by atoms with van der Waals surface area (Å²) >= 11 is 0. The quantitative estimate of drug-likeness (QED) is 0.486. The Kier molecular flexibility index (Phi) is 6.61. The van der Waals surface area contributed by atoms with Crippen LogP contribution in [0.2, 0.25) is 0 Å². The molecule has 3 N–H and O–H groups in total. The number of nitrogens with zero attached hydrogens (tertiary/aromatic N) is 3. The van der Waals surface area contributed by atoms with E-state index in [0.29, 0.717) is 0 Å². The van der Waals surface area contributed by atoms with Crippen LogP contribution >= 0.6 is 0 Å². The highest BCUT2D eigenvalue weighted by atomic mass is 16.2. The summed E-state index contributed by atoms with van der Waals surface area (Å²) in [5.41, 5.74) is 5.78. The molecule has 0 fully saturated rings. The standard InChI is InChI=1S/C26H27N5O5/c1-15(2)13-29(23(33)16(3)31-24(34)18-11-7-8-12-19(18)25(31)35)20-21(27)30(26(36)28-22(20)32)14-17-9-5-4-6-10-17/h4-12,15-16H,13-14,27H2,1-3H3,(H,28,32,36)/t16-/m1/s1. The van der Waals surface area contributed by atoms with Gasteiger partial charge in [0.15, 0.2) is 5.69 Å². The van der Waals surface area contributed by atoms with Crippen molar-refractivity contribution in [2.24, 2.45) is 5.92 Å². The molecule has 3 aromatic rings. The van der Waals surface area contributed by atoms with Gasteiger partial charge in [0.05, 0.1) is 17.7 Å². The van der Waals surface area contributed by atoms with E-state index in [1.807, 2.05) is 32.0 Å². The maximum absolute atomic E-state index is 13.8. The van der Waals surface area contributed by atoms with E-state index < -0.39 is 35.0 Å². The second-order valence-electron chi connectivity index (χ2n) is 9.11. The molecule has 2 heterocycles. The van der Waals surface area contributed by atoms with E-state index in [2.05, 4.69) is 4.98 Å². The fourth-order valence-electron chi connectivity index (χ4n) is 4.31. The number of benzene rings is 2. The number of carbonyl (C=O) groups is 3. The Morgan fingerprint density at radius 3 is 2.03 bits per heavy atom. The number of H-pyrrole nitrogens is 1. The zero-order valence-corrected chi connectivity index (χ0v) is 20.2. The number of rotatable bonds is 7. The predicted molar refractivity (Wildman–Crippen MR) is 135 cm³/mol. The summed E-state index contributed by atoms with van der Waals surface area (Å²) in [5.74, 6) is -2.12. The summed E-state index contributed by atoms with van der Waals surface area (Å²) in [7, 11) is 0. The largest absolute Gasteiger partial charge is 0.383 e. The molecule has 0 unspecified atom stereocenters. The second-order valence-corrected chi connectivity index (χ2v) is 9.11. The summed E-state index contributed by atoms with van der Waals surface area (Å²) < 4.78 is 1.18. The molecule has 0 spiro atoms. The van der Waals surface area contributed by atoms with Crippen molar-refractivity contribution in [1.29, 1.82) is 0 Å². The van der Waals surface area contributed by atoms with Crippen molar-refractivity contribution >= 4 is 29.2 Å². The zero-order chi connectivity index (χ0) is 26.1. The van der Waals surface area contributed by atoms with Crippen molar-refractivity contribution in [1.82, 2.24) is 14.5 Å². The zero-order valence-electron chi connectivity index (χ0n) is 20.2. The van der Waals surface area contributed by atoms with Crippen LogP contribution in [0.4, 0.5) is 11.5 Å². The number of nitrogen functional groups attached to an aromatic ring is 1. The van der Waals surface area contributed by atoms with Crippen LogP contribution in [-0.4, -0.2) is 44.8 Å². The van der Waals surface area contributed by atoms with E-state index in [1.165, 1.54) is 23.6 Å². The van der Waals surface area contributed by atoms with Crippen molar-refractivity contribution < 1.29 is 14.4 Å². The molecule has 1 aliphatic rings. The van der Waals surface area contributed by atoms with Crippen molar-refractivity contribution in [3.8, 4) is 0 Å². The minimum atomic E-state index is -1.22. The van der Waals surface area contributed by atoms with Crippen molar-refractivity contribution in [3.05, 3.63) is 92.1 Å². The molecule has 186 valence electrons. The molecule has 0 aliphatic carbocycles. The number of aromatic nitrogens is 2. The van der Waals surface area contributed by atoms with E-state index in [4.69, 9.17) is 5.73 Å². The first kappa shape index (κ1) is 24.6. The van der Waals surface area contributed by atoms with Gasteiger partial charge in [-0.05, 0) is 30.5 Å².